The van der Waals surface area contributed by atoms with E-state index in [1.807, 2.05) is 0 Å². The quantitative estimate of drug-likeness (QED) is 0.355. The number of carbonyl (C=O) groups is 3. The Morgan fingerprint density at radius 1 is 0.900 bits per heavy atom. The SMILES string of the molecule is C=CC(=O)OCCc1ccc(OC(=O)C=Cc2ccc(OC(=O)C(=C)C)cc2)cc1. The summed E-state index contributed by atoms with van der Waals surface area (Å²) in [6, 6.07) is 13.6. The Morgan fingerprint density at radius 3 is 2.10 bits per heavy atom. The van der Waals surface area contributed by atoms with Crippen LogP contribution in [0.3, 0.4) is 0 Å². The molecule has 0 bridgehead atoms. The fourth-order valence-corrected chi connectivity index (χ4v) is 2.21. The number of benzene rings is 2. The summed E-state index contributed by atoms with van der Waals surface area (Å²) in [6.07, 6.45) is 4.56. The average molecular weight is 406 g/mol. The zero-order valence-corrected chi connectivity index (χ0v) is 16.6. The molecule has 0 N–H and O–H groups in total. The number of carbonyl (C=O) groups excluding carboxylic acids is 3. The van der Waals surface area contributed by atoms with Crippen LogP contribution in [0.25, 0.3) is 6.08 Å². The summed E-state index contributed by atoms with van der Waals surface area (Å²) in [5.74, 6) is -0.693. The molecule has 0 aliphatic heterocycles. The highest BCUT2D eigenvalue weighted by Gasteiger charge is 2.05. The molecule has 0 aliphatic rings. The summed E-state index contributed by atoms with van der Waals surface area (Å²) in [5.41, 5.74) is 1.99. The zero-order valence-electron chi connectivity index (χ0n) is 16.6. The van der Waals surface area contributed by atoms with Crippen molar-refractivity contribution in [1.82, 2.24) is 0 Å². The Hall–Kier alpha value is -3.93. The second kappa shape index (κ2) is 11.2. The molecule has 154 valence electrons. The lowest BCUT2D eigenvalue weighted by Crippen LogP contribution is -2.07. The molecule has 0 aromatic heterocycles. The van der Waals surface area contributed by atoms with E-state index in [2.05, 4.69) is 13.2 Å². The molecule has 30 heavy (non-hydrogen) atoms. The zero-order chi connectivity index (χ0) is 21.9. The molecule has 0 saturated heterocycles. The van der Waals surface area contributed by atoms with Gasteiger partial charge in [0.25, 0.3) is 0 Å². The Labute approximate surface area is 175 Å². The van der Waals surface area contributed by atoms with Gasteiger partial charge in [0.15, 0.2) is 0 Å². The minimum Gasteiger partial charge on any atom is -0.462 e. The van der Waals surface area contributed by atoms with Crippen molar-refractivity contribution in [3.63, 3.8) is 0 Å². The van der Waals surface area contributed by atoms with E-state index in [1.54, 1.807) is 61.5 Å². The van der Waals surface area contributed by atoms with Crippen LogP contribution in [0, 0.1) is 0 Å². The normalized spacial score (nSPS) is 10.3. The van der Waals surface area contributed by atoms with Gasteiger partial charge < -0.3 is 14.2 Å². The van der Waals surface area contributed by atoms with Gasteiger partial charge >= 0.3 is 17.9 Å². The fourth-order valence-electron chi connectivity index (χ4n) is 2.21. The van der Waals surface area contributed by atoms with E-state index in [1.165, 1.54) is 6.08 Å². The van der Waals surface area contributed by atoms with E-state index in [9.17, 15) is 14.4 Å². The highest BCUT2D eigenvalue weighted by molar-refractivity contribution is 5.89. The topological polar surface area (TPSA) is 78.9 Å². The third-order valence-electron chi connectivity index (χ3n) is 3.79. The van der Waals surface area contributed by atoms with E-state index in [-0.39, 0.29) is 6.61 Å². The van der Waals surface area contributed by atoms with Gasteiger partial charge in [0.1, 0.15) is 11.5 Å². The van der Waals surface area contributed by atoms with Crippen molar-refractivity contribution in [2.24, 2.45) is 0 Å². The average Bonchev–Trinajstić information content (AvgIpc) is 2.74. The van der Waals surface area contributed by atoms with Crippen LogP contribution in [0.15, 0.2) is 79.4 Å². The van der Waals surface area contributed by atoms with Crippen LogP contribution in [0.4, 0.5) is 0 Å². The van der Waals surface area contributed by atoms with Crippen molar-refractivity contribution in [1.29, 1.82) is 0 Å². The van der Waals surface area contributed by atoms with E-state index in [4.69, 9.17) is 14.2 Å². The van der Waals surface area contributed by atoms with Gasteiger partial charge in [0.05, 0.1) is 6.61 Å². The second-order valence-electron chi connectivity index (χ2n) is 6.26. The third kappa shape index (κ3) is 7.59. The van der Waals surface area contributed by atoms with Gasteiger partial charge in [-0.25, -0.2) is 14.4 Å². The Balaban J connectivity index is 1.84. The first-order chi connectivity index (χ1) is 14.4. The van der Waals surface area contributed by atoms with Crippen LogP contribution in [0.1, 0.15) is 18.1 Å². The van der Waals surface area contributed by atoms with Crippen LogP contribution in [-0.2, 0) is 25.5 Å². The standard InChI is InChI=1S/C24H22O6/c1-4-22(25)28-16-15-19-7-10-20(11-8-19)29-23(26)14-9-18-5-12-21(13-6-18)30-24(27)17(2)3/h4-14H,1-2,15-16H2,3H3. The predicted octanol–water partition coefficient (Wildman–Crippen LogP) is 4.06. The molecule has 2 aromatic rings. The minimum absolute atomic E-state index is 0.248. The third-order valence-corrected chi connectivity index (χ3v) is 3.79. The van der Waals surface area contributed by atoms with E-state index in [0.717, 1.165) is 17.2 Å². The smallest absolute Gasteiger partial charge is 0.338 e. The van der Waals surface area contributed by atoms with Crippen molar-refractivity contribution < 1.29 is 28.6 Å². The molecule has 0 atom stereocenters. The lowest BCUT2D eigenvalue weighted by Gasteiger charge is -2.05. The first-order valence-corrected chi connectivity index (χ1v) is 9.13. The van der Waals surface area contributed by atoms with Crippen molar-refractivity contribution in [3.05, 3.63) is 90.5 Å². The molecule has 0 spiro atoms. The molecule has 2 rings (SSSR count). The van der Waals surface area contributed by atoms with Crippen molar-refractivity contribution >= 4 is 24.0 Å². The van der Waals surface area contributed by atoms with Crippen molar-refractivity contribution in [2.75, 3.05) is 6.61 Å². The van der Waals surface area contributed by atoms with Gasteiger partial charge in [0.2, 0.25) is 0 Å². The van der Waals surface area contributed by atoms with Crippen molar-refractivity contribution in [3.8, 4) is 11.5 Å². The lowest BCUT2D eigenvalue weighted by atomic mass is 10.1. The molecule has 6 nitrogen and oxygen atoms in total. The number of hydrogen-bond donors (Lipinski definition) is 0. The Bertz CT molecular complexity index is 952. The summed E-state index contributed by atoms with van der Waals surface area (Å²) in [6.45, 7) is 8.67. The van der Waals surface area contributed by atoms with Crippen molar-refractivity contribution in [2.45, 2.75) is 13.3 Å². The summed E-state index contributed by atoms with van der Waals surface area (Å²) in [7, 11) is 0. The maximum atomic E-state index is 12.0. The number of ether oxygens (including phenoxy) is 3. The highest BCUT2D eigenvalue weighted by Crippen LogP contribution is 2.16. The molecule has 0 aliphatic carbocycles. The fraction of sp³-hybridized carbons (Fsp3) is 0.125. The van der Waals surface area contributed by atoms with Crippen LogP contribution in [0.2, 0.25) is 0 Å². The van der Waals surface area contributed by atoms with Gasteiger partial charge in [0, 0.05) is 24.1 Å². The van der Waals surface area contributed by atoms with E-state index < -0.39 is 17.9 Å². The summed E-state index contributed by atoms with van der Waals surface area (Å²) < 4.78 is 15.3. The van der Waals surface area contributed by atoms with Gasteiger partial charge in [-0.3, -0.25) is 0 Å². The van der Waals surface area contributed by atoms with Gasteiger partial charge in [-0.05, 0) is 48.4 Å². The minimum atomic E-state index is -0.527. The first-order valence-electron chi connectivity index (χ1n) is 9.13. The molecule has 6 heteroatoms. The maximum Gasteiger partial charge on any atom is 0.338 e. The van der Waals surface area contributed by atoms with Gasteiger partial charge in [-0.15, -0.1) is 0 Å². The monoisotopic (exact) mass is 406 g/mol. The molecule has 2 aromatic carbocycles. The summed E-state index contributed by atoms with van der Waals surface area (Å²) >= 11 is 0. The molecule has 0 fully saturated rings. The molecular formula is C24H22O6. The van der Waals surface area contributed by atoms with E-state index in [0.29, 0.717) is 23.5 Å². The highest BCUT2D eigenvalue weighted by atomic mass is 16.5. The van der Waals surface area contributed by atoms with Gasteiger partial charge in [-0.1, -0.05) is 37.4 Å². The van der Waals surface area contributed by atoms with Crippen LogP contribution < -0.4 is 9.47 Å². The molecule has 0 heterocycles. The number of rotatable bonds is 9. The second-order valence-corrected chi connectivity index (χ2v) is 6.26. The Morgan fingerprint density at radius 2 is 1.50 bits per heavy atom. The van der Waals surface area contributed by atoms with Gasteiger partial charge in [-0.2, -0.15) is 0 Å². The largest absolute Gasteiger partial charge is 0.462 e. The number of hydrogen-bond acceptors (Lipinski definition) is 6. The molecule has 0 unspecified atom stereocenters. The molecule has 0 radical (unpaired) electrons. The molecule has 0 amide bonds. The molecular weight excluding hydrogens is 384 g/mol. The number of esters is 3. The van der Waals surface area contributed by atoms with E-state index >= 15 is 0 Å². The van der Waals surface area contributed by atoms with Crippen LogP contribution >= 0.6 is 0 Å². The Kier molecular flexibility index (Phi) is 8.32. The maximum absolute atomic E-state index is 12.0. The predicted molar refractivity (Wildman–Crippen MR) is 113 cm³/mol. The van der Waals surface area contributed by atoms with Crippen LogP contribution in [-0.4, -0.2) is 24.5 Å². The molecule has 0 saturated carbocycles. The first kappa shape index (κ1) is 22.4. The van der Waals surface area contributed by atoms with Crippen LogP contribution in [0.5, 0.6) is 11.5 Å². The summed E-state index contributed by atoms with van der Waals surface area (Å²) in [4.78, 5) is 34.5. The summed E-state index contributed by atoms with van der Waals surface area (Å²) in [5, 5.41) is 0. The lowest BCUT2D eigenvalue weighted by molar-refractivity contribution is -0.137.